The lowest BCUT2D eigenvalue weighted by Crippen LogP contribution is -2.50. The van der Waals surface area contributed by atoms with Crippen LogP contribution in [0.5, 0.6) is 0 Å². The van der Waals surface area contributed by atoms with Crippen LogP contribution < -0.4 is 5.43 Å². The molecule has 1 saturated heterocycles. The maximum atomic E-state index is 13.5. The number of alkyl halides is 3. The molecule has 0 bridgehead atoms. The van der Waals surface area contributed by atoms with Crippen molar-refractivity contribution in [3.8, 4) is 5.69 Å². The molecule has 9 heteroatoms. The van der Waals surface area contributed by atoms with Crippen molar-refractivity contribution in [1.29, 1.82) is 0 Å². The fourth-order valence-electron chi connectivity index (χ4n) is 3.60. The van der Waals surface area contributed by atoms with Crippen molar-refractivity contribution in [3.05, 3.63) is 57.5 Å². The number of nitrogens with zero attached hydrogens (tertiary/aromatic N) is 4. The van der Waals surface area contributed by atoms with Crippen molar-refractivity contribution in [2.24, 2.45) is 5.92 Å². The summed E-state index contributed by atoms with van der Waals surface area (Å²) in [7, 11) is 0. The number of amides is 1. The van der Waals surface area contributed by atoms with E-state index in [2.05, 4.69) is 23.8 Å². The van der Waals surface area contributed by atoms with Gasteiger partial charge in [-0.15, -0.1) is 0 Å². The van der Waals surface area contributed by atoms with Crippen molar-refractivity contribution in [2.75, 3.05) is 32.7 Å². The minimum atomic E-state index is -4.59. The Labute approximate surface area is 179 Å². The molecule has 0 atom stereocenters. The number of para-hydroxylation sites is 1. The van der Waals surface area contributed by atoms with Gasteiger partial charge in [-0.3, -0.25) is 14.5 Å². The summed E-state index contributed by atoms with van der Waals surface area (Å²) in [6.07, 6.45) is -3.53. The molecule has 3 rings (SSSR count). The molecule has 168 valence electrons. The molecule has 31 heavy (non-hydrogen) atoms. The largest absolute Gasteiger partial charge is 0.418 e. The molecule has 1 aliphatic rings. The van der Waals surface area contributed by atoms with Gasteiger partial charge in [-0.2, -0.15) is 18.3 Å². The number of piperazine rings is 1. The maximum absolute atomic E-state index is 13.5. The number of hydrogen-bond donors (Lipinski definition) is 0. The summed E-state index contributed by atoms with van der Waals surface area (Å²) in [5, 5.41) is 4.07. The fraction of sp³-hybridized carbons (Fsp3) is 0.500. The third-order valence-electron chi connectivity index (χ3n) is 5.43. The summed E-state index contributed by atoms with van der Waals surface area (Å²) in [5.41, 5.74) is -1.84. The lowest BCUT2D eigenvalue weighted by Gasteiger charge is -2.34. The van der Waals surface area contributed by atoms with Crippen LogP contribution >= 0.6 is 0 Å². The van der Waals surface area contributed by atoms with Gasteiger partial charge in [-0.05, 0) is 37.9 Å². The van der Waals surface area contributed by atoms with Crippen molar-refractivity contribution >= 4 is 5.91 Å². The maximum Gasteiger partial charge on any atom is 0.418 e. The number of benzene rings is 1. The van der Waals surface area contributed by atoms with Gasteiger partial charge in [-0.25, -0.2) is 4.68 Å². The molecule has 1 aromatic heterocycles. The summed E-state index contributed by atoms with van der Waals surface area (Å²) in [4.78, 5) is 29.3. The van der Waals surface area contributed by atoms with E-state index < -0.39 is 23.1 Å². The minimum Gasteiger partial charge on any atom is -0.335 e. The Balaban J connectivity index is 1.86. The molecular weight excluding hydrogens is 409 g/mol. The smallest absolute Gasteiger partial charge is 0.335 e. The summed E-state index contributed by atoms with van der Waals surface area (Å²) in [5.74, 6) is 0.0428. The van der Waals surface area contributed by atoms with Crippen LogP contribution in [-0.2, 0) is 6.18 Å². The number of aryl methyl sites for hydroxylation is 1. The molecule has 1 amide bonds. The Kier molecular flexibility index (Phi) is 6.83. The zero-order valence-electron chi connectivity index (χ0n) is 17.9. The highest BCUT2D eigenvalue weighted by atomic mass is 19.4. The van der Waals surface area contributed by atoms with E-state index in [4.69, 9.17) is 0 Å². The number of rotatable bonds is 5. The zero-order valence-corrected chi connectivity index (χ0v) is 17.9. The Morgan fingerprint density at radius 2 is 1.77 bits per heavy atom. The first-order valence-electron chi connectivity index (χ1n) is 10.4. The van der Waals surface area contributed by atoms with E-state index in [1.54, 1.807) is 4.90 Å². The predicted octanol–water partition coefficient (Wildman–Crippen LogP) is 3.36. The second-order valence-corrected chi connectivity index (χ2v) is 8.24. The van der Waals surface area contributed by atoms with Crippen LogP contribution in [0.4, 0.5) is 13.2 Å². The number of aromatic nitrogens is 2. The molecule has 2 heterocycles. The first-order chi connectivity index (χ1) is 14.6. The molecule has 0 radical (unpaired) electrons. The molecule has 1 aliphatic heterocycles. The molecule has 1 aromatic carbocycles. The lowest BCUT2D eigenvalue weighted by atomic mass is 10.1. The number of carbonyl (C=O) groups excluding carboxylic acids is 1. The van der Waals surface area contributed by atoms with Crippen LogP contribution in [0.3, 0.4) is 0 Å². The van der Waals surface area contributed by atoms with Gasteiger partial charge in [0.2, 0.25) is 5.43 Å². The Bertz CT molecular complexity index is 993. The third kappa shape index (κ3) is 5.33. The SMILES string of the molecule is Cc1cc(=O)c(C(=O)N2CCN(CCC(C)C)CC2)nn1-c1ccccc1C(F)(F)F. The van der Waals surface area contributed by atoms with Crippen LogP contribution in [0.15, 0.2) is 35.1 Å². The highest BCUT2D eigenvalue weighted by molar-refractivity contribution is 5.92. The Morgan fingerprint density at radius 3 is 2.39 bits per heavy atom. The van der Waals surface area contributed by atoms with Gasteiger partial charge >= 0.3 is 6.18 Å². The number of hydrogen-bond acceptors (Lipinski definition) is 4. The minimum absolute atomic E-state index is 0.219. The van der Waals surface area contributed by atoms with Crippen LogP contribution in [0, 0.1) is 12.8 Å². The molecule has 0 saturated carbocycles. The molecule has 0 aliphatic carbocycles. The van der Waals surface area contributed by atoms with Gasteiger partial charge in [0, 0.05) is 37.9 Å². The average molecular weight is 436 g/mol. The van der Waals surface area contributed by atoms with Crippen LogP contribution in [0.1, 0.15) is 42.0 Å². The van der Waals surface area contributed by atoms with Crippen molar-refractivity contribution in [3.63, 3.8) is 0 Å². The van der Waals surface area contributed by atoms with E-state index in [-0.39, 0.29) is 17.1 Å². The second-order valence-electron chi connectivity index (χ2n) is 8.24. The Morgan fingerprint density at radius 1 is 1.13 bits per heavy atom. The van der Waals surface area contributed by atoms with Crippen LogP contribution in [-0.4, -0.2) is 58.2 Å². The van der Waals surface area contributed by atoms with Crippen LogP contribution in [0.25, 0.3) is 5.69 Å². The zero-order chi connectivity index (χ0) is 22.8. The summed E-state index contributed by atoms with van der Waals surface area (Å²) in [6.45, 7) is 9.03. The topological polar surface area (TPSA) is 58.4 Å². The van der Waals surface area contributed by atoms with Crippen molar-refractivity contribution < 1.29 is 18.0 Å². The van der Waals surface area contributed by atoms with Crippen molar-refractivity contribution in [2.45, 2.75) is 33.4 Å². The monoisotopic (exact) mass is 436 g/mol. The number of halogens is 3. The lowest BCUT2D eigenvalue weighted by molar-refractivity contribution is -0.137. The standard InChI is InChI=1S/C22H27F3N4O2/c1-15(2)8-9-27-10-12-28(13-11-27)21(31)20-19(30)14-16(3)29(26-20)18-7-5-4-6-17(18)22(23,24)25/h4-7,14-15H,8-13H2,1-3H3. The van der Waals surface area contributed by atoms with E-state index in [0.29, 0.717) is 32.1 Å². The Hall–Kier alpha value is -2.68. The highest BCUT2D eigenvalue weighted by Gasteiger charge is 2.34. The molecule has 0 unspecified atom stereocenters. The van der Waals surface area contributed by atoms with Gasteiger partial charge in [-0.1, -0.05) is 26.0 Å². The van der Waals surface area contributed by atoms with E-state index in [1.807, 2.05) is 0 Å². The molecule has 2 aromatic rings. The molecule has 1 fully saturated rings. The van der Waals surface area contributed by atoms with Gasteiger partial charge < -0.3 is 4.90 Å². The van der Waals surface area contributed by atoms with E-state index in [1.165, 1.54) is 25.1 Å². The first kappa shape index (κ1) is 23.0. The molecule has 6 nitrogen and oxygen atoms in total. The fourth-order valence-corrected chi connectivity index (χ4v) is 3.60. The second kappa shape index (κ2) is 9.21. The molecule has 0 spiro atoms. The summed E-state index contributed by atoms with van der Waals surface area (Å²) >= 11 is 0. The predicted molar refractivity (Wildman–Crippen MR) is 111 cm³/mol. The summed E-state index contributed by atoms with van der Waals surface area (Å²) in [6, 6.07) is 6.13. The normalized spacial score (nSPS) is 15.5. The third-order valence-corrected chi connectivity index (χ3v) is 5.43. The molecular formula is C22H27F3N4O2. The van der Waals surface area contributed by atoms with Gasteiger partial charge in [0.25, 0.3) is 5.91 Å². The van der Waals surface area contributed by atoms with Crippen molar-refractivity contribution in [1.82, 2.24) is 19.6 Å². The first-order valence-corrected chi connectivity index (χ1v) is 10.4. The number of carbonyl (C=O) groups is 1. The van der Waals surface area contributed by atoms with E-state index in [0.717, 1.165) is 29.8 Å². The van der Waals surface area contributed by atoms with Gasteiger partial charge in [0.15, 0.2) is 5.69 Å². The highest BCUT2D eigenvalue weighted by Crippen LogP contribution is 2.33. The average Bonchev–Trinajstić information content (AvgIpc) is 2.71. The quantitative estimate of drug-likeness (QED) is 0.721. The summed E-state index contributed by atoms with van der Waals surface area (Å²) < 4.78 is 41.4. The van der Waals surface area contributed by atoms with Gasteiger partial charge in [0.1, 0.15) is 0 Å². The van der Waals surface area contributed by atoms with Gasteiger partial charge in [0.05, 0.1) is 11.3 Å². The van der Waals surface area contributed by atoms with Crippen LogP contribution in [0.2, 0.25) is 0 Å². The van der Waals surface area contributed by atoms with E-state index >= 15 is 0 Å². The van der Waals surface area contributed by atoms with E-state index in [9.17, 15) is 22.8 Å². The molecule has 0 N–H and O–H groups in total.